The molecule has 0 aliphatic rings. The van der Waals surface area contributed by atoms with Gasteiger partial charge in [0, 0.05) is 20.3 Å². The van der Waals surface area contributed by atoms with Gasteiger partial charge in [0.25, 0.3) is 0 Å². The molecule has 1 aromatic rings. The van der Waals surface area contributed by atoms with Gasteiger partial charge in [-0.25, -0.2) is 9.18 Å². The third-order valence-electron chi connectivity index (χ3n) is 2.01. The van der Waals surface area contributed by atoms with Crippen molar-refractivity contribution in [3.05, 3.63) is 29.0 Å². The van der Waals surface area contributed by atoms with Crippen molar-refractivity contribution < 1.29 is 13.9 Å². The molecule has 4 nitrogen and oxygen atoms in total. The van der Waals surface area contributed by atoms with E-state index in [1.807, 2.05) is 0 Å². The average Bonchev–Trinajstić information content (AvgIpc) is 2.30. The van der Waals surface area contributed by atoms with Gasteiger partial charge in [0.05, 0.1) is 10.7 Å². The van der Waals surface area contributed by atoms with Gasteiger partial charge >= 0.3 is 6.03 Å². The summed E-state index contributed by atoms with van der Waals surface area (Å²) >= 11 is 5.75. The second kappa shape index (κ2) is 7.09. The highest BCUT2D eigenvalue weighted by molar-refractivity contribution is 6.33. The largest absolute Gasteiger partial charge is 0.385 e. The number of para-hydroxylation sites is 1. The van der Waals surface area contributed by atoms with E-state index in [1.165, 1.54) is 18.2 Å². The van der Waals surface area contributed by atoms with Crippen LogP contribution in [0.5, 0.6) is 0 Å². The fourth-order valence-electron chi connectivity index (χ4n) is 1.19. The molecule has 0 bridgehead atoms. The van der Waals surface area contributed by atoms with Crippen LogP contribution in [0, 0.1) is 5.82 Å². The Balaban J connectivity index is 2.45. The van der Waals surface area contributed by atoms with Crippen LogP contribution < -0.4 is 10.6 Å². The fourth-order valence-corrected chi connectivity index (χ4v) is 1.40. The van der Waals surface area contributed by atoms with Gasteiger partial charge in [-0.3, -0.25) is 0 Å². The number of benzene rings is 1. The summed E-state index contributed by atoms with van der Waals surface area (Å²) in [7, 11) is 1.58. The molecule has 0 aliphatic heterocycles. The van der Waals surface area contributed by atoms with Crippen LogP contribution in [0.1, 0.15) is 6.42 Å². The molecule has 0 unspecified atom stereocenters. The van der Waals surface area contributed by atoms with Crippen molar-refractivity contribution in [1.29, 1.82) is 0 Å². The molecule has 1 aromatic carbocycles. The van der Waals surface area contributed by atoms with Gasteiger partial charge in [-0.05, 0) is 18.6 Å². The Morgan fingerprint density at radius 2 is 2.29 bits per heavy atom. The lowest BCUT2D eigenvalue weighted by molar-refractivity contribution is 0.194. The number of carbonyl (C=O) groups is 1. The average molecular weight is 261 g/mol. The third kappa shape index (κ3) is 4.58. The maximum Gasteiger partial charge on any atom is 0.319 e. The van der Waals surface area contributed by atoms with Crippen molar-refractivity contribution in [3.63, 3.8) is 0 Å². The summed E-state index contributed by atoms with van der Waals surface area (Å²) in [6.45, 7) is 1.01. The number of nitrogens with one attached hydrogen (secondary N) is 2. The molecule has 0 atom stereocenters. The Hall–Kier alpha value is -1.33. The van der Waals surface area contributed by atoms with E-state index in [4.69, 9.17) is 16.3 Å². The molecule has 2 amide bonds. The summed E-state index contributed by atoms with van der Waals surface area (Å²) in [5, 5.41) is 5.09. The van der Waals surface area contributed by atoms with Crippen LogP contribution in [0.15, 0.2) is 18.2 Å². The minimum atomic E-state index is -0.565. The topological polar surface area (TPSA) is 50.4 Å². The lowest BCUT2D eigenvalue weighted by atomic mass is 10.3. The van der Waals surface area contributed by atoms with Gasteiger partial charge in [-0.2, -0.15) is 0 Å². The lowest BCUT2D eigenvalue weighted by Gasteiger charge is -2.09. The summed E-state index contributed by atoms with van der Waals surface area (Å²) in [4.78, 5) is 11.4. The Kier molecular flexibility index (Phi) is 5.72. The number of ether oxygens (including phenoxy) is 1. The number of rotatable bonds is 5. The van der Waals surface area contributed by atoms with E-state index in [1.54, 1.807) is 7.11 Å². The number of urea groups is 1. The van der Waals surface area contributed by atoms with E-state index in [2.05, 4.69) is 10.6 Å². The highest BCUT2D eigenvalue weighted by Crippen LogP contribution is 2.24. The van der Waals surface area contributed by atoms with Gasteiger partial charge in [0.1, 0.15) is 5.82 Å². The van der Waals surface area contributed by atoms with Gasteiger partial charge in [0.2, 0.25) is 0 Å². The first-order valence-corrected chi connectivity index (χ1v) is 5.50. The summed E-state index contributed by atoms with van der Waals surface area (Å²) < 4.78 is 18.1. The molecule has 0 heterocycles. The van der Waals surface area contributed by atoms with Crippen LogP contribution in [-0.4, -0.2) is 26.3 Å². The van der Waals surface area contributed by atoms with E-state index < -0.39 is 11.8 Å². The smallest absolute Gasteiger partial charge is 0.319 e. The number of halogens is 2. The van der Waals surface area contributed by atoms with E-state index in [0.717, 1.165) is 0 Å². The molecular weight excluding hydrogens is 247 g/mol. The maximum absolute atomic E-state index is 13.3. The van der Waals surface area contributed by atoms with Crippen LogP contribution in [0.4, 0.5) is 14.9 Å². The fraction of sp³-hybridized carbons (Fsp3) is 0.364. The highest BCUT2D eigenvalue weighted by atomic mass is 35.5. The van der Waals surface area contributed by atoms with Gasteiger partial charge in [-0.15, -0.1) is 0 Å². The molecule has 6 heteroatoms. The highest BCUT2D eigenvalue weighted by Gasteiger charge is 2.09. The summed E-state index contributed by atoms with van der Waals surface area (Å²) in [6, 6.07) is 3.71. The molecule has 0 saturated carbocycles. The van der Waals surface area contributed by atoms with E-state index in [0.29, 0.717) is 19.6 Å². The molecule has 1 rings (SSSR count). The number of amides is 2. The van der Waals surface area contributed by atoms with Crippen LogP contribution in [-0.2, 0) is 4.74 Å². The van der Waals surface area contributed by atoms with Gasteiger partial charge in [0.15, 0.2) is 0 Å². The quantitative estimate of drug-likeness (QED) is 0.800. The monoisotopic (exact) mass is 260 g/mol. The standard InChI is InChI=1S/C11H14ClFN2O2/c1-17-7-3-6-14-11(16)15-10-8(12)4-2-5-9(10)13/h2,4-5H,3,6-7H2,1H3,(H2,14,15,16). The molecule has 94 valence electrons. The molecule has 0 aromatic heterocycles. The van der Waals surface area contributed by atoms with Gasteiger partial charge < -0.3 is 15.4 Å². The lowest BCUT2D eigenvalue weighted by Crippen LogP contribution is -2.30. The predicted molar refractivity (Wildman–Crippen MR) is 64.9 cm³/mol. The second-order valence-corrected chi connectivity index (χ2v) is 3.73. The van der Waals surface area contributed by atoms with E-state index in [9.17, 15) is 9.18 Å². The SMILES string of the molecule is COCCCNC(=O)Nc1c(F)cccc1Cl. The molecule has 0 fully saturated rings. The predicted octanol–water partition coefficient (Wildman–Crippen LogP) is 2.64. The van der Waals surface area contributed by atoms with Crippen molar-refractivity contribution in [2.45, 2.75) is 6.42 Å². The van der Waals surface area contributed by atoms with E-state index in [-0.39, 0.29) is 10.7 Å². The van der Waals surface area contributed by atoms with Gasteiger partial charge in [-0.1, -0.05) is 17.7 Å². The first kappa shape index (κ1) is 13.7. The number of hydrogen-bond donors (Lipinski definition) is 2. The zero-order valence-electron chi connectivity index (χ0n) is 9.43. The zero-order chi connectivity index (χ0) is 12.7. The Morgan fingerprint density at radius 1 is 1.53 bits per heavy atom. The molecular formula is C11H14ClFN2O2. The first-order valence-electron chi connectivity index (χ1n) is 5.13. The Labute approximate surface area is 104 Å². The number of methoxy groups -OCH3 is 1. The molecule has 17 heavy (non-hydrogen) atoms. The van der Waals surface area contributed by atoms with Crippen LogP contribution in [0.3, 0.4) is 0 Å². The molecule has 0 spiro atoms. The Bertz CT molecular complexity index is 367. The second-order valence-electron chi connectivity index (χ2n) is 3.32. The molecule has 0 radical (unpaired) electrons. The van der Waals surface area contributed by atoms with Crippen molar-refractivity contribution in [2.24, 2.45) is 0 Å². The number of hydrogen-bond acceptors (Lipinski definition) is 2. The van der Waals surface area contributed by atoms with Crippen LogP contribution in [0.2, 0.25) is 5.02 Å². The normalized spacial score (nSPS) is 10.1. The minimum absolute atomic E-state index is 0.0154. The zero-order valence-corrected chi connectivity index (χ0v) is 10.2. The minimum Gasteiger partial charge on any atom is -0.385 e. The summed E-state index contributed by atoms with van der Waals surface area (Å²) in [6.07, 6.45) is 0.689. The first-order chi connectivity index (χ1) is 8.15. The number of anilines is 1. The summed E-state index contributed by atoms with van der Waals surface area (Å²) in [5.74, 6) is -0.565. The van der Waals surface area contributed by atoms with Crippen molar-refractivity contribution >= 4 is 23.3 Å². The van der Waals surface area contributed by atoms with Crippen LogP contribution >= 0.6 is 11.6 Å². The van der Waals surface area contributed by atoms with Crippen molar-refractivity contribution in [3.8, 4) is 0 Å². The molecule has 0 saturated heterocycles. The van der Waals surface area contributed by atoms with Crippen molar-refractivity contribution in [2.75, 3.05) is 25.6 Å². The van der Waals surface area contributed by atoms with Crippen LogP contribution in [0.25, 0.3) is 0 Å². The Morgan fingerprint density at radius 3 is 2.94 bits per heavy atom. The number of carbonyl (C=O) groups excluding carboxylic acids is 1. The van der Waals surface area contributed by atoms with E-state index >= 15 is 0 Å². The van der Waals surface area contributed by atoms with Crippen molar-refractivity contribution in [1.82, 2.24) is 5.32 Å². The maximum atomic E-state index is 13.3. The molecule has 0 aliphatic carbocycles. The summed E-state index contributed by atoms with van der Waals surface area (Å²) in [5.41, 5.74) is -0.0154. The molecule has 2 N–H and O–H groups in total. The third-order valence-corrected chi connectivity index (χ3v) is 2.33.